The Morgan fingerprint density at radius 1 is 0.958 bits per heavy atom. The second-order valence-corrected chi connectivity index (χ2v) is 6.12. The Kier molecular flexibility index (Phi) is 3.55. The summed E-state index contributed by atoms with van der Waals surface area (Å²) in [4.78, 5) is 38.0. The predicted molar refractivity (Wildman–Crippen MR) is 87.0 cm³/mol. The Morgan fingerprint density at radius 3 is 2.25 bits per heavy atom. The zero-order chi connectivity index (χ0) is 17.6. The molecule has 0 N–H and O–H groups in total. The van der Waals surface area contributed by atoms with Crippen molar-refractivity contribution < 1.29 is 23.9 Å². The molecule has 1 aromatic rings. The molecule has 0 atom stereocenters. The van der Waals surface area contributed by atoms with Crippen LogP contribution < -0.4 is 14.4 Å². The fourth-order valence-corrected chi connectivity index (χ4v) is 2.95. The van der Waals surface area contributed by atoms with Gasteiger partial charge in [0, 0.05) is 12.1 Å². The van der Waals surface area contributed by atoms with Crippen LogP contribution in [0.1, 0.15) is 13.8 Å². The fourth-order valence-electron chi connectivity index (χ4n) is 2.95. The minimum Gasteiger partial charge on any atom is -0.497 e. The molecule has 2 aliphatic rings. The van der Waals surface area contributed by atoms with Gasteiger partial charge in [0.05, 0.1) is 31.0 Å². The Balaban J connectivity index is 2.20. The Bertz CT molecular complexity index is 832. The highest BCUT2D eigenvalue weighted by atomic mass is 16.5. The standard InChI is InChI=1S/C18H17NO5/c1-18(2)11-8-14(20)15(21)9-13(11)19(17(18)22)12-6-5-10(23-3)7-16(12)24-4/h5-9H,1-4H3. The SMILES string of the molecule is COc1ccc(N2C(=O)C(C)(C)C3=CC(=O)C(=O)C=C32)c(OC)c1. The second-order valence-electron chi connectivity index (χ2n) is 6.12. The molecule has 0 radical (unpaired) electrons. The zero-order valence-corrected chi connectivity index (χ0v) is 13.9. The summed E-state index contributed by atoms with van der Waals surface area (Å²) in [7, 11) is 3.03. The van der Waals surface area contributed by atoms with Crippen LogP contribution in [0.25, 0.3) is 0 Å². The molecule has 1 saturated heterocycles. The first-order valence-electron chi connectivity index (χ1n) is 7.40. The maximum absolute atomic E-state index is 13.0. The van der Waals surface area contributed by atoms with Crippen molar-refractivity contribution in [2.45, 2.75) is 13.8 Å². The third-order valence-electron chi connectivity index (χ3n) is 4.34. The Labute approximate surface area is 139 Å². The third kappa shape index (κ3) is 2.14. The van der Waals surface area contributed by atoms with Crippen molar-refractivity contribution in [3.05, 3.63) is 41.6 Å². The molecule has 124 valence electrons. The molecular formula is C18H17NO5. The van der Waals surface area contributed by atoms with E-state index in [2.05, 4.69) is 0 Å². The van der Waals surface area contributed by atoms with Crippen molar-refractivity contribution in [1.29, 1.82) is 0 Å². The van der Waals surface area contributed by atoms with Crippen molar-refractivity contribution in [3.8, 4) is 11.5 Å². The molecule has 1 amide bonds. The first-order chi connectivity index (χ1) is 11.3. The number of hydrogen-bond donors (Lipinski definition) is 0. The molecule has 6 heteroatoms. The molecule has 0 bridgehead atoms. The lowest BCUT2D eigenvalue weighted by Gasteiger charge is -2.22. The highest BCUT2D eigenvalue weighted by Crippen LogP contribution is 2.48. The largest absolute Gasteiger partial charge is 0.497 e. The summed E-state index contributed by atoms with van der Waals surface area (Å²) in [6, 6.07) is 5.06. The number of ether oxygens (including phenoxy) is 2. The van der Waals surface area contributed by atoms with E-state index in [1.54, 1.807) is 32.0 Å². The van der Waals surface area contributed by atoms with Crippen LogP contribution >= 0.6 is 0 Å². The lowest BCUT2D eigenvalue weighted by molar-refractivity contribution is -0.131. The van der Waals surface area contributed by atoms with Gasteiger partial charge in [-0.05, 0) is 37.6 Å². The van der Waals surface area contributed by atoms with Gasteiger partial charge in [0.2, 0.25) is 17.5 Å². The highest BCUT2D eigenvalue weighted by molar-refractivity contribution is 6.47. The lowest BCUT2D eigenvalue weighted by Crippen LogP contribution is -2.30. The molecule has 6 nitrogen and oxygen atoms in total. The number of carbonyl (C=O) groups is 3. The molecule has 1 aromatic carbocycles. The summed E-state index contributed by atoms with van der Waals surface area (Å²) in [6.45, 7) is 3.46. The number of nitrogens with zero attached hydrogens (tertiary/aromatic N) is 1. The summed E-state index contributed by atoms with van der Waals surface area (Å²) < 4.78 is 10.5. The molecular weight excluding hydrogens is 310 g/mol. The monoisotopic (exact) mass is 327 g/mol. The van der Waals surface area contributed by atoms with Gasteiger partial charge < -0.3 is 9.47 Å². The minimum atomic E-state index is -0.910. The van der Waals surface area contributed by atoms with Crippen LogP contribution in [0.2, 0.25) is 0 Å². The lowest BCUT2D eigenvalue weighted by atomic mass is 9.83. The quantitative estimate of drug-likeness (QED) is 0.627. The van der Waals surface area contributed by atoms with Crippen LogP contribution in [0.15, 0.2) is 41.6 Å². The summed E-state index contributed by atoms with van der Waals surface area (Å²) in [6.07, 6.45) is 2.47. The van der Waals surface area contributed by atoms with Crippen LogP contribution in [0.5, 0.6) is 11.5 Å². The van der Waals surface area contributed by atoms with Gasteiger partial charge in [0.25, 0.3) is 0 Å². The maximum Gasteiger partial charge on any atom is 0.241 e. The van der Waals surface area contributed by atoms with Crippen molar-refractivity contribution in [2.24, 2.45) is 5.41 Å². The molecule has 3 rings (SSSR count). The smallest absolute Gasteiger partial charge is 0.241 e. The van der Waals surface area contributed by atoms with E-state index in [1.807, 2.05) is 0 Å². The minimum absolute atomic E-state index is 0.231. The number of methoxy groups -OCH3 is 2. The number of fused-ring (bicyclic) bond motifs is 1. The number of carbonyl (C=O) groups excluding carboxylic acids is 3. The third-order valence-corrected chi connectivity index (χ3v) is 4.34. The summed E-state index contributed by atoms with van der Waals surface area (Å²) in [5.74, 6) is -0.466. The van der Waals surface area contributed by atoms with Crippen LogP contribution in [0.4, 0.5) is 5.69 Å². The number of amides is 1. The van der Waals surface area contributed by atoms with E-state index in [0.29, 0.717) is 28.5 Å². The normalized spacial score (nSPS) is 19.0. The van der Waals surface area contributed by atoms with Gasteiger partial charge in [-0.25, -0.2) is 0 Å². The summed E-state index contributed by atoms with van der Waals surface area (Å²) >= 11 is 0. The molecule has 24 heavy (non-hydrogen) atoms. The van der Waals surface area contributed by atoms with Gasteiger partial charge in [-0.1, -0.05) is 0 Å². The van der Waals surface area contributed by atoms with E-state index in [0.717, 1.165) is 0 Å². The topological polar surface area (TPSA) is 72.9 Å². The van der Waals surface area contributed by atoms with E-state index < -0.39 is 17.0 Å². The van der Waals surface area contributed by atoms with Gasteiger partial charge in [0.1, 0.15) is 11.5 Å². The van der Waals surface area contributed by atoms with Crippen molar-refractivity contribution in [1.82, 2.24) is 0 Å². The zero-order valence-electron chi connectivity index (χ0n) is 13.9. The van der Waals surface area contributed by atoms with Crippen molar-refractivity contribution >= 4 is 23.2 Å². The van der Waals surface area contributed by atoms with Crippen LogP contribution in [0.3, 0.4) is 0 Å². The maximum atomic E-state index is 13.0. The molecule has 0 spiro atoms. The number of benzene rings is 1. The Hall–Kier alpha value is -2.89. The van der Waals surface area contributed by atoms with E-state index in [4.69, 9.17) is 9.47 Å². The van der Waals surface area contributed by atoms with Crippen LogP contribution in [-0.2, 0) is 14.4 Å². The van der Waals surface area contributed by atoms with Gasteiger partial charge in [-0.15, -0.1) is 0 Å². The van der Waals surface area contributed by atoms with Gasteiger partial charge in [0.15, 0.2) is 0 Å². The molecule has 1 fully saturated rings. The van der Waals surface area contributed by atoms with Crippen molar-refractivity contribution in [2.75, 3.05) is 19.1 Å². The Morgan fingerprint density at radius 2 is 1.62 bits per heavy atom. The first-order valence-corrected chi connectivity index (χ1v) is 7.40. The second kappa shape index (κ2) is 5.33. The molecule has 1 aliphatic carbocycles. The van der Waals surface area contributed by atoms with E-state index in [9.17, 15) is 14.4 Å². The van der Waals surface area contributed by atoms with Gasteiger partial charge in [-0.2, -0.15) is 0 Å². The molecule has 1 heterocycles. The summed E-state index contributed by atoms with van der Waals surface area (Å²) in [5, 5.41) is 0. The van der Waals surface area contributed by atoms with Gasteiger partial charge in [-0.3, -0.25) is 19.3 Å². The molecule has 0 saturated carbocycles. The predicted octanol–water partition coefficient (Wildman–Crippen LogP) is 2.04. The first kappa shape index (κ1) is 16.0. The number of allylic oxidation sites excluding steroid dienone is 3. The van der Waals surface area contributed by atoms with Crippen LogP contribution in [0, 0.1) is 5.41 Å². The number of anilines is 1. The van der Waals surface area contributed by atoms with E-state index in [1.165, 1.54) is 31.3 Å². The van der Waals surface area contributed by atoms with Crippen LogP contribution in [-0.4, -0.2) is 31.7 Å². The van der Waals surface area contributed by atoms with E-state index in [-0.39, 0.29) is 5.91 Å². The number of ketones is 2. The average molecular weight is 327 g/mol. The molecule has 0 aromatic heterocycles. The summed E-state index contributed by atoms with van der Waals surface area (Å²) in [5.41, 5.74) is 0.536. The molecule has 1 aliphatic heterocycles. The molecule has 0 unspecified atom stereocenters. The van der Waals surface area contributed by atoms with Gasteiger partial charge >= 0.3 is 0 Å². The average Bonchev–Trinajstić information content (AvgIpc) is 2.75. The number of rotatable bonds is 3. The highest BCUT2D eigenvalue weighted by Gasteiger charge is 2.50. The fraction of sp³-hybridized carbons (Fsp3) is 0.278. The number of hydrogen-bond acceptors (Lipinski definition) is 5. The van der Waals surface area contributed by atoms with E-state index >= 15 is 0 Å². The van der Waals surface area contributed by atoms with Crippen molar-refractivity contribution in [3.63, 3.8) is 0 Å².